The van der Waals surface area contributed by atoms with Crippen molar-refractivity contribution in [2.24, 2.45) is 0 Å². The van der Waals surface area contributed by atoms with E-state index in [1.54, 1.807) is 0 Å². The second-order valence-corrected chi connectivity index (χ2v) is 5.25. The van der Waals surface area contributed by atoms with Crippen LogP contribution in [0.1, 0.15) is 39.2 Å². The Morgan fingerprint density at radius 1 is 1.53 bits per heavy atom. The smallest absolute Gasteiger partial charge is 0.0775 e. The summed E-state index contributed by atoms with van der Waals surface area (Å²) in [5.74, 6) is 0. The fourth-order valence-electron chi connectivity index (χ4n) is 2.15. The highest BCUT2D eigenvalue weighted by Crippen LogP contribution is 2.20. The molecular formula is C13H23N3O. The van der Waals surface area contributed by atoms with Crippen molar-refractivity contribution in [3.63, 3.8) is 0 Å². The van der Waals surface area contributed by atoms with Crippen LogP contribution in [0.4, 0.5) is 0 Å². The van der Waals surface area contributed by atoms with Crippen LogP contribution >= 0.6 is 0 Å². The Morgan fingerprint density at radius 2 is 2.35 bits per heavy atom. The van der Waals surface area contributed by atoms with E-state index in [0.29, 0.717) is 18.2 Å². The van der Waals surface area contributed by atoms with E-state index in [0.717, 1.165) is 19.5 Å². The molecule has 1 fully saturated rings. The fourth-order valence-corrected chi connectivity index (χ4v) is 2.15. The van der Waals surface area contributed by atoms with E-state index in [1.807, 2.05) is 10.9 Å². The van der Waals surface area contributed by atoms with Crippen LogP contribution in [0.15, 0.2) is 12.4 Å². The number of nitrogens with zero attached hydrogens (tertiary/aromatic N) is 2. The Morgan fingerprint density at radius 3 is 3.00 bits per heavy atom. The van der Waals surface area contributed by atoms with Crippen molar-refractivity contribution in [2.75, 3.05) is 0 Å². The van der Waals surface area contributed by atoms with E-state index < -0.39 is 0 Å². The van der Waals surface area contributed by atoms with Crippen molar-refractivity contribution in [2.45, 2.75) is 65.0 Å². The van der Waals surface area contributed by atoms with Gasteiger partial charge in [-0.1, -0.05) is 13.8 Å². The molecule has 0 spiro atoms. The standard InChI is InChI=1S/C13H23N3O/c1-10(2)14-6-12-7-15-16(8-12)9-13-5-4-11(3)17-13/h7-8,10-11,13-14H,4-6,9H2,1-3H3. The molecule has 0 amide bonds. The zero-order valence-electron chi connectivity index (χ0n) is 11.0. The van der Waals surface area contributed by atoms with E-state index in [1.165, 1.54) is 12.0 Å². The molecule has 0 saturated carbocycles. The number of nitrogens with one attached hydrogen (secondary N) is 1. The Hall–Kier alpha value is -0.870. The molecule has 1 aromatic heterocycles. The lowest BCUT2D eigenvalue weighted by Gasteiger charge is -2.10. The van der Waals surface area contributed by atoms with Gasteiger partial charge in [-0.3, -0.25) is 4.68 Å². The van der Waals surface area contributed by atoms with Gasteiger partial charge in [0.15, 0.2) is 0 Å². The molecule has 0 aromatic carbocycles. The molecule has 1 aromatic rings. The van der Waals surface area contributed by atoms with Crippen molar-refractivity contribution >= 4 is 0 Å². The highest BCUT2D eigenvalue weighted by atomic mass is 16.5. The number of ether oxygens (including phenoxy) is 1. The van der Waals surface area contributed by atoms with Crippen LogP contribution in [0.2, 0.25) is 0 Å². The monoisotopic (exact) mass is 237 g/mol. The van der Waals surface area contributed by atoms with Crippen molar-refractivity contribution < 1.29 is 4.74 Å². The van der Waals surface area contributed by atoms with E-state index in [4.69, 9.17) is 4.74 Å². The van der Waals surface area contributed by atoms with E-state index in [-0.39, 0.29) is 0 Å². The lowest BCUT2D eigenvalue weighted by atomic mass is 10.2. The lowest BCUT2D eigenvalue weighted by Crippen LogP contribution is -2.21. The third-order valence-electron chi connectivity index (χ3n) is 3.11. The summed E-state index contributed by atoms with van der Waals surface area (Å²) in [4.78, 5) is 0. The van der Waals surface area contributed by atoms with Gasteiger partial charge in [-0.25, -0.2) is 0 Å². The van der Waals surface area contributed by atoms with Gasteiger partial charge in [0, 0.05) is 24.3 Å². The van der Waals surface area contributed by atoms with Crippen LogP contribution < -0.4 is 5.32 Å². The second-order valence-electron chi connectivity index (χ2n) is 5.25. The summed E-state index contributed by atoms with van der Waals surface area (Å²) in [6, 6.07) is 0.511. The van der Waals surface area contributed by atoms with Gasteiger partial charge in [0.25, 0.3) is 0 Å². The molecule has 0 bridgehead atoms. The molecule has 2 heterocycles. The number of hydrogen-bond donors (Lipinski definition) is 1. The van der Waals surface area contributed by atoms with Gasteiger partial charge in [0.1, 0.15) is 0 Å². The summed E-state index contributed by atoms with van der Waals surface area (Å²) in [6.07, 6.45) is 7.14. The Kier molecular flexibility index (Phi) is 4.18. The van der Waals surface area contributed by atoms with Crippen LogP contribution in [0, 0.1) is 0 Å². The normalized spacial score (nSPS) is 24.7. The second kappa shape index (κ2) is 5.65. The predicted molar refractivity (Wildman–Crippen MR) is 67.8 cm³/mol. The molecule has 4 nitrogen and oxygen atoms in total. The van der Waals surface area contributed by atoms with Gasteiger partial charge in [-0.05, 0) is 19.8 Å². The number of aromatic nitrogens is 2. The van der Waals surface area contributed by atoms with Gasteiger partial charge in [0.05, 0.1) is 24.9 Å². The van der Waals surface area contributed by atoms with Gasteiger partial charge in [-0.2, -0.15) is 5.10 Å². The average Bonchev–Trinajstić information content (AvgIpc) is 2.86. The van der Waals surface area contributed by atoms with Crippen LogP contribution in [0.3, 0.4) is 0 Å². The van der Waals surface area contributed by atoms with Crippen molar-refractivity contribution in [1.82, 2.24) is 15.1 Å². The highest BCUT2D eigenvalue weighted by Gasteiger charge is 2.22. The van der Waals surface area contributed by atoms with Crippen LogP contribution in [0.5, 0.6) is 0 Å². The Balaban J connectivity index is 1.81. The molecule has 96 valence electrons. The van der Waals surface area contributed by atoms with Crippen molar-refractivity contribution in [3.8, 4) is 0 Å². The van der Waals surface area contributed by atoms with Crippen LogP contribution in [0.25, 0.3) is 0 Å². The molecule has 4 heteroatoms. The summed E-state index contributed by atoms with van der Waals surface area (Å²) in [5.41, 5.74) is 1.24. The van der Waals surface area contributed by atoms with Gasteiger partial charge < -0.3 is 10.1 Å². The molecule has 0 radical (unpaired) electrons. The molecule has 1 aliphatic heterocycles. The maximum absolute atomic E-state index is 5.80. The first-order valence-electron chi connectivity index (χ1n) is 6.53. The first-order chi connectivity index (χ1) is 8.13. The molecule has 17 heavy (non-hydrogen) atoms. The van der Waals surface area contributed by atoms with E-state index in [2.05, 4.69) is 37.4 Å². The molecule has 2 rings (SSSR count). The summed E-state index contributed by atoms with van der Waals surface area (Å²) in [7, 11) is 0. The molecule has 2 unspecified atom stereocenters. The zero-order chi connectivity index (χ0) is 12.3. The first-order valence-corrected chi connectivity index (χ1v) is 6.53. The molecule has 1 aliphatic rings. The minimum atomic E-state index is 0.343. The minimum Gasteiger partial charge on any atom is -0.373 e. The van der Waals surface area contributed by atoms with Gasteiger partial charge in [-0.15, -0.1) is 0 Å². The summed E-state index contributed by atoms with van der Waals surface area (Å²) in [6.45, 7) is 8.21. The first kappa shape index (κ1) is 12.6. The van der Waals surface area contributed by atoms with Gasteiger partial charge in [0.2, 0.25) is 0 Å². The van der Waals surface area contributed by atoms with Crippen molar-refractivity contribution in [3.05, 3.63) is 18.0 Å². The Labute approximate surface area is 103 Å². The van der Waals surface area contributed by atoms with E-state index in [9.17, 15) is 0 Å². The fraction of sp³-hybridized carbons (Fsp3) is 0.769. The van der Waals surface area contributed by atoms with Crippen LogP contribution in [-0.2, 0) is 17.8 Å². The highest BCUT2D eigenvalue weighted by molar-refractivity contribution is 5.03. The maximum atomic E-state index is 5.80. The average molecular weight is 237 g/mol. The lowest BCUT2D eigenvalue weighted by molar-refractivity contribution is 0.0437. The molecule has 1 saturated heterocycles. The molecule has 2 atom stereocenters. The van der Waals surface area contributed by atoms with Gasteiger partial charge >= 0.3 is 0 Å². The number of rotatable bonds is 5. The minimum absolute atomic E-state index is 0.343. The zero-order valence-corrected chi connectivity index (χ0v) is 11.0. The largest absolute Gasteiger partial charge is 0.373 e. The third-order valence-corrected chi connectivity index (χ3v) is 3.11. The van der Waals surface area contributed by atoms with Crippen molar-refractivity contribution in [1.29, 1.82) is 0 Å². The van der Waals surface area contributed by atoms with Crippen LogP contribution in [-0.4, -0.2) is 28.0 Å². The van der Waals surface area contributed by atoms with E-state index >= 15 is 0 Å². The molecule has 1 N–H and O–H groups in total. The third kappa shape index (κ3) is 3.82. The number of hydrogen-bond acceptors (Lipinski definition) is 3. The topological polar surface area (TPSA) is 39.1 Å². The quantitative estimate of drug-likeness (QED) is 0.850. The molecular weight excluding hydrogens is 214 g/mol. The summed E-state index contributed by atoms with van der Waals surface area (Å²) in [5, 5.41) is 7.77. The Bertz CT molecular complexity index is 348. The maximum Gasteiger partial charge on any atom is 0.0775 e. The SMILES string of the molecule is CC(C)NCc1cnn(CC2CCC(C)O2)c1. The molecule has 0 aliphatic carbocycles. The predicted octanol–water partition coefficient (Wildman–Crippen LogP) is 1.95. The summed E-state index contributed by atoms with van der Waals surface area (Å²) >= 11 is 0. The summed E-state index contributed by atoms with van der Waals surface area (Å²) < 4.78 is 7.80.